The minimum Gasteiger partial charge on any atom is -0.477 e. The van der Waals surface area contributed by atoms with Crippen molar-refractivity contribution in [3.63, 3.8) is 0 Å². The van der Waals surface area contributed by atoms with E-state index < -0.39 is 11.4 Å². The number of carbonyl (C=O) groups excluding carboxylic acids is 1. The molecular formula is C21H19N7O4S. The van der Waals surface area contributed by atoms with Gasteiger partial charge in [0, 0.05) is 44.1 Å². The predicted molar refractivity (Wildman–Crippen MR) is 120 cm³/mol. The van der Waals surface area contributed by atoms with E-state index in [0.29, 0.717) is 35.2 Å². The van der Waals surface area contributed by atoms with Gasteiger partial charge in [0.1, 0.15) is 23.5 Å². The van der Waals surface area contributed by atoms with Crippen LogP contribution in [0.2, 0.25) is 0 Å². The molecule has 1 fully saturated rings. The molecule has 0 unspecified atom stereocenters. The first-order chi connectivity index (χ1) is 15.8. The Labute approximate surface area is 191 Å². The third-order valence-electron chi connectivity index (χ3n) is 5.71. The molecule has 1 aliphatic rings. The lowest BCUT2D eigenvalue weighted by molar-refractivity contribution is -0.123. The molecule has 0 bridgehead atoms. The monoisotopic (exact) mass is 465 g/mol. The first kappa shape index (κ1) is 20.9. The Balaban J connectivity index is 1.48. The van der Waals surface area contributed by atoms with Crippen LogP contribution in [0.25, 0.3) is 16.2 Å². The van der Waals surface area contributed by atoms with Crippen molar-refractivity contribution < 1.29 is 14.7 Å². The van der Waals surface area contributed by atoms with E-state index in [9.17, 15) is 19.5 Å². The summed E-state index contributed by atoms with van der Waals surface area (Å²) >= 11 is 1.06. The number of ketones is 1. The molecule has 0 amide bonds. The van der Waals surface area contributed by atoms with Gasteiger partial charge in [-0.15, -0.1) is 0 Å². The van der Waals surface area contributed by atoms with Crippen molar-refractivity contribution in [1.82, 2.24) is 28.7 Å². The number of aromatic carboxylic acids is 1. The molecule has 0 aromatic carbocycles. The minimum atomic E-state index is -1.32. The number of carbonyl (C=O) groups is 2. The third kappa shape index (κ3) is 3.67. The Hall–Kier alpha value is -3.93. The summed E-state index contributed by atoms with van der Waals surface area (Å²) in [5.74, 6) is -0.702. The zero-order valence-electron chi connectivity index (χ0n) is 17.8. The molecule has 11 nitrogen and oxygen atoms in total. The van der Waals surface area contributed by atoms with Gasteiger partial charge in [0.25, 0.3) is 0 Å². The smallest absolute Gasteiger partial charge is 0.341 e. The number of aryl methyl sites for hydroxylation is 2. The molecule has 12 heteroatoms. The Morgan fingerprint density at radius 3 is 2.73 bits per heavy atom. The van der Waals surface area contributed by atoms with Gasteiger partial charge < -0.3 is 10.0 Å². The zero-order valence-corrected chi connectivity index (χ0v) is 18.6. The second kappa shape index (κ2) is 7.89. The van der Waals surface area contributed by atoms with E-state index in [4.69, 9.17) is 0 Å². The van der Waals surface area contributed by atoms with Crippen molar-refractivity contribution in [2.75, 3.05) is 18.0 Å². The molecule has 5 rings (SSSR count). The van der Waals surface area contributed by atoms with Crippen LogP contribution < -0.4 is 10.3 Å². The van der Waals surface area contributed by atoms with E-state index in [1.54, 1.807) is 17.7 Å². The summed E-state index contributed by atoms with van der Waals surface area (Å²) in [6, 6.07) is 3.58. The fourth-order valence-electron chi connectivity index (χ4n) is 3.96. The summed E-state index contributed by atoms with van der Waals surface area (Å²) in [6.45, 7) is 2.77. The number of hydrogen-bond acceptors (Lipinski definition) is 9. The van der Waals surface area contributed by atoms with Gasteiger partial charge in [0.2, 0.25) is 10.6 Å². The first-order valence-electron chi connectivity index (χ1n) is 10.2. The van der Waals surface area contributed by atoms with Gasteiger partial charge in [-0.25, -0.2) is 14.8 Å². The molecule has 5 heterocycles. The molecule has 4 aromatic heterocycles. The summed E-state index contributed by atoms with van der Waals surface area (Å²) in [6.07, 6.45) is 4.69. The molecule has 1 N–H and O–H groups in total. The summed E-state index contributed by atoms with van der Waals surface area (Å²) < 4.78 is 7.13. The Morgan fingerprint density at radius 1 is 1.30 bits per heavy atom. The molecule has 0 aliphatic carbocycles. The van der Waals surface area contributed by atoms with Gasteiger partial charge in [-0.05, 0) is 24.6 Å². The number of nitrogens with zero attached hydrogens (tertiary/aromatic N) is 7. The molecule has 0 saturated carbocycles. The van der Waals surface area contributed by atoms with Crippen molar-refractivity contribution in [2.24, 2.45) is 13.0 Å². The van der Waals surface area contributed by atoms with Crippen molar-refractivity contribution in [2.45, 2.75) is 13.3 Å². The average Bonchev–Trinajstić information content (AvgIpc) is 3.38. The van der Waals surface area contributed by atoms with Gasteiger partial charge in [0.15, 0.2) is 5.65 Å². The van der Waals surface area contributed by atoms with Crippen LogP contribution in [0.3, 0.4) is 0 Å². The van der Waals surface area contributed by atoms with Crippen LogP contribution in [-0.2, 0) is 18.3 Å². The number of hydrogen-bond donors (Lipinski definition) is 1. The van der Waals surface area contributed by atoms with Crippen molar-refractivity contribution in [3.05, 3.63) is 57.9 Å². The maximum atomic E-state index is 12.9. The minimum absolute atomic E-state index is 0.121. The van der Waals surface area contributed by atoms with E-state index in [2.05, 4.69) is 19.4 Å². The largest absolute Gasteiger partial charge is 0.477 e. The van der Waals surface area contributed by atoms with E-state index >= 15 is 0 Å². The highest BCUT2D eigenvalue weighted by Gasteiger charge is 2.34. The number of rotatable bonds is 6. The van der Waals surface area contributed by atoms with Crippen molar-refractivity contribution in [3.8, 4) is 5.13 Å². The van der Waals surface area contributed by atoms with E-state index in [1.165, 1.54) is 17.1 Å². The molecule has 1 saturated heterocycles. The number of Topliss-reactive ketones (excluding diaryl/α,β-unsaturated/α-hetero) is 1. The normalized spacial score (nSPS) is 13.9. The molecular weight excluding hydrogens is 446 g/mol. The summed E-state index contributed by atoms with van der Waals surface area (Å²) in [7, 11) is 1.81. The van der Waals surface area contributed by atoms with Gasteiger partial charge >= 0.3 is 5.97 Å². The lowest BCUT2D eigenvalue weighted by Crippen LogP contribution is -2.51. The lowest BCUT2D eigenvalue weighted by Gasteiger charge is -2.39. The maximum Gasteiger partial charge on any atom is 0.341 e. The number of carboxylic acids is 1. The second-order valence-electron chi connectivity index (χ2n) is 7.99. The van der Waals surface area contributed by atoms with Gasteiger partial charge in [-0.1, -0.05) is 0 Å². The van der Waals surface area contributed by atoms with Gasteiger partial charge in [-0.2, -0.15) is 9.47 Å². The topological polar surface area (TPSA) is 136 Å². The molecule has 1 aliphatic heterocycles. The van der Waals surface area contributed by atoms with Crippen LogP contribution >= 0.6 is 11.5 Å². The zero-order chi connectivity index (χ0) is 23.3. The maximum absolute atomic E-state index is 12.9. The first-order valence-corrected chi connectivity index (χ1v) is 10.9. The molecule has 33 heavy (non-hydrogen) atoms. The van der Waals surface area contributed by atoms with Crippen molar-refractivity contribution >= 4 is 40.1 Å². The average molecular weight is 465 g/mol. The number of anilines is 1. The van der Waals surface area contributed by atoms with Crippen LogP contribution in [0.4, 0.5) is 5.82 Å². The fraction of sp³-hybridized carbons (Fsp3) is 0.286. The van der Waals surface area contributed by atoms with Crippen LogP contribution in [-0.4, -0.2) is 58.6 Å². The fourth-order valence-corrected chi connectivity index (χ4v) is 4.47. The molecule has 4 aromatic rings. The summed E-state index contributed by atoms with van der Waals surface area (Å²) in [5, 5.41) is 14.4. The highest BCUT2D eigenvalue weighted by molar-refractivity contribution is 7.08. The van der Waals surface area contributed by atoms with E-state index in [0.717, 1.165) is 17.2 Å². The highest BCUT2D eigenvalue weighted by atomic mass is 32.1. The second-order valence-corrected chi connectivity index (χ2v) is 8.75. The highest BCUT2D eigenvalue weighted by Crippen LogP contribution is 2.29. The van der Waals surface area contributed by atoms with Crippen LogP contribution in [0, 0.1) is 12.8 Å². The van der Waals surface area contributed by atoms with Gasteiger partial charge in [0.05, 0.1) is 23.4 Å². The molecule has 0 spiro atoms. The quantitative estimate of drug-likeness (QED) is 0.446. The standard InChI is InChI=1S/C21H19N7O4S/c1-11-5-16(27-7-12(8-27)15(29)6-13-3-4-26(2)25-13)24-19-17(11)18(30)14(20(31)32)9-28(19)21-22-10-23-33-21/h3-5,9-10,12H,6-8H2,1-2H3,(H,31,32). The number of aromatic nitrogens is 6. The summed E-state index contributed by atoms with van der Waals surface area (Å²) in [5.41, 5.74) is 0.696. The van der Waals surface area contributed by atoms with Crippen LogP contribution in [0.1, 0.15) is 21.6 Å². The van der Waals surface area contributed by atoms with E-state index in [-0.39, 0.29) is 29.1 Å². The summed E-state index contributed by atoms with van der Waals surface area (Å²) in [4.78, 5) is 47.9. The molecule has 168 valence electrons. The molecule has 0 radical (unpaired) electrons. The number of fused-ring (bicyclic) bond motifs is 1. The SMILES string of the molecule is Cc1cc(N2CC(C(=O)Cc3ccn(C)n3)C2)nc2c1c(=O)c(C(=O)O)cn2-c1ncns1. The van der Waals surface area contributed by atoms with Crippen molar-refractivity contribution in [1.29, 1.82) is 0 Å². The number of carboxylic acid groups (broad SMARTS) is 1. The Bertz CT molecular complexity index is 1450. The van der Waals surface area contributed by atoms with Gasteiger partial charge in [-0.3, -0.25) is 18.8 Å². The molecule has 0 atom stereocenters. The lowest BCUT2D eigenvalue weighted by atomic mass is 9.92. The predicted octanol–water partition coefficient (Wildman–Crippen LogP) is 1.23. The Kier molecular flexibility index (Phi) is 5.01. The van der Waals surface area contributed by atoms with E-state index in [1.807, 2.05) is 24.2 Å². The third-order valence-corrected chi connectivity index (χ3v) is 6.38. The van der Waals surface area contributed by atoms with Crippen LogP contribution in [0.5, 0.6) is 0 Å². The number of pyridine rings is 2. The van der Waals surface area contributed by atoms with Crippen LogP contribution in [0.15, 0.2) is 35.6 Å². The Morgan fingerprint density at radius 2 is 2.09 bits per heavy atom.